The third-order valence-corrected chi connectivity index (χ3v) is 6.49. The van der Waals surface area contributed by atoms with E-state index in [1.807, 2.05) is 38.1 Å². The number of hydrogen-bond donors (Lipinski definition) is 1. The average molecular weight is 525 g/mol. The molecule has 1 N–H and O–H groups in total. The van der Waals surface area contributed by atoms with Crippen LogP contribution in [0.4, 0.5) is 5.69 Å². The predicted molar refractivity (Wildman–Crippen MR) is 143 cm³/mol. The van der Waals surface area contributed by atoms with Gasteiger partial charge in [0.25, 0.3) is 0 Å². The number of anilines is 1. The van der Waals surface area contributed by atoms with Crippen molar-refractivity contribution in [2.24, 2.45) is 0 Å². The smallest absolute Gasteiger partial charge is 0.224 e. The highest BCUT2D eigenvalue weighted by Crippen LogP contribution is 2.36. The number of aromatic nitrogens is 3. The zero-order valence-electron chi connectivity index (χ0n) is 21.6. The zero-order chi connectivity index (χ0) is 26.7. The molecule has 4 rings (SSSR count). The first-order valence-corrected chi connectivity index (χ1v) is 12.0. The molecule has 2 heterocycles. The standard InChI is InChI=1S/C27H29ClN4O5/c1-15-18(9-10-27(33)30-22-12-20(28)24(36-5)14-25(22)37-6)16(2)32-26(29-15)13-21(31-32)19-8-7-17(34-3)11-23(19)35-4/h7-8,11-14H,9-10H2,1-6H3,(H,30,33). The van der Waals surface area contributed by atoms with Gasteiger partial charge in [0, 0.05) is 41.6 Å². The summed E-state index contributed by atoms with van der Waals surface area (Å²) in [5, 5.41) is 8.04. The van der Waals surface area contributed by atoms with Crippen molar-refractivity contribution in [2.75, 3.05) is 33.8 Å². The fourth-order valence-corrected chi connectivity index (χ4v) is 4.48. The van der Waals surface area contributed by atoms with Gasteiger partial charge in [-0.05, 0) is 44.0 Å². The Kier molecular flexibility index (Phi) is 7.73. The van der Waals surface area contributed by atoms with E-state index in [0.717, 1.165) is 28.2 Å². The van der Waals surface area contributed by atoms with Gasteiger partial charge in [-0.3, -0.25) is 4.79 Å². The van der Waals surface area contributed by atoms with E-state index < -0.39 is 0 Å². The Morgan fingerprint density at radius 3 is 2.35 bits per heavy atom. The quantitative estimate of drug-likeness (QED) is 0.318. The van der Waals surface area contributed by atoms with E-state index in [1.54, 1.807) is 30.9 Å². The van der Waals surface area contributed by atoms with E-state index in [9.17, 15) is 4.79 Å². The average Bonchev–Trinajstić information content (AvgIpc) is 3.32. The highest BCUT2D eigenvalue weighted by atomic mass is 35.5. The first-order chi connectivity index (χ1) is 17.8. The Balaban J connectivity index is 1.57. The van der Waals surface area contributed by atoms with Crippen LogP contribution in [-0.2, 0) is 11.2 Å². The van der Waals surface area contributed by atoms with Crippen LogP contribution in [0.3, 0.4) is 0 Å². The van der Waals surface area contributed by atoms with Gasteiger partial charge in [0.05, 0.1) is 44.8 Å². The van der Waals surface area contributed by atoms with Crippen molar-refractivity contribution in [3.8, 4) is 34.3 Å². The van der Waals surface area contributed by atoms with Crippen LogP contribution in [0.5, 0.6) is 23.0 Å². The van der Waals surface area contributed by atoms with Gasteiger partial charge < -0.3 is 24.3 Å². The lowest BCUT2D eigenvalue weighted by atomic mass is 10.1. The zero-order valence-corrected chi connectivity index (χ0v) is 22.4. The van der Waals surface area contributed by atoms with Gasteiger partial charge in [0.2, 0.25) is 5.91 Å². The fraction of sp³-hybridized carbons (Fsp3) is 0.296. The van der Waals surface area contributed by atoms with Crippen LogP contribution in [-0.4, -0.2) is 48.9 Å². The van der Waals surface area contributed by atoms with Crippen LogP contribution in [0, 0.1) is 13.8 Å². The molecule has 2 aromatic carbocycles. The number of carbonyl (C=O) groups excluding carboxylic acids is 1. The van der Waals surface area contributed by atoms with Crippen LogP contribution in [0.25, 0.3) is 16.9 Å². The minimum absolute atomic E-state index is 0.178. The van der Waals surface area contributed by atoms with Crippen LogP contribution in [0.15, 0.2) is 36.4 Å². The second-order valence-corrected chi connectivity index (χ2v) is 8.77. The van der Waals surface area contributed by atoms with Crippen molar-refractivity contribution in [3.63, 3.8) is 0 Å². The summed E-state index contributed by atoms with van der Waals surface area (Å²) >= 11 is 6.23. The number of amides is 1. The summed E-state index contributed by atoms with van der Waals surface area (Å²) in [4.78, 5) is 17.6. The van der Waals surface area contributed by atoms with Crippen molar-refractivity contribution in [1.82, 2.24) is 14.6 Å². The summed E-state index contributed by atoms with van der Waals surface area (Å²) in [6.45, 7) is 3.91. The Morgan fingerprint density at radius 1 is 0.946 bits per heavy atom. The monoisotopic (exact) mass is 524 g/mol. The lowest BCUT2D eigenvalue weighted by molar-refractivity contribution is -0.116. The number of ether oxygens (including phenoxy) is 4. The van der Waals surface area contributed by atoms with E-state index in [2.05, 4.69) is 5.32 Å². The molecule has 1 amide bonds. The number of carbonyl (C=O) groups is 1. The van der Waals surface area contributed by atoms with Crippen LogP contribution in [0.1, 0.15) is 23.4 Å². The minimum Gasteiger partial charge on any atom is -0.497 e. The molecule has 0 atom stereocenters. The number of rotatable bonds is 9. The maximum absolute atomic E-state index is 12.8. The Bertz CT molecular complexity index is 1470. The van der Waals surface area contributed by atoms with E-state index in [0.29, 0.717) is 45.8 Å². The summed E-state index contributed by atoms with van der Waals surface area (Å²) in [5.41, 5.74) is 5.47. The summed E-state index contributed by atoms with van der Waals surface area (Å²) in [5.74, 6) is 2.10. The van der Waals surface area contributed by atoms with Gasteiger partial charge >= 0.3 is 0 Å². The summed E-state index contributed by atoms with van der Waals surface area (Å²) in [6, 6.07) is 10.8. The summed E-state index contributed by atoms with van der Waals surface area (Å²) in [7, 11) is 6.26. The molecule has 0 saturated carbocycles. The van der Waals surface area contributed by atoms with Gasteiger partial charge in [-0.1, -0.05) is 11.6 Å². The molecule has 37 heavy (non-hydrogen) atoms. The Labute approximate surface area is 220 Å². The van der Waals surface area contributed by atoms with Gasteiger partial charge in [0.15, 0.2) is 5.65 Å². The number of methoxy groups -OCH3 is 4. The molecule has 194 valence electrons. The van der Waals surface area contributed by atoms with Crippen LogP contribution < -0.4 is 24.3 Å². The molecule has 0 aliphatic rings. The molecule has 4 aromatic rings. The van der Waals surface area contributed by atoms with Gasteiger partial charge in [-0.2, -0.15) is 5.10 Å². The number of hydrogen-bond acceptors (Lipinski definition) is 7. The molecule has 0 spiro atoms. The molecule has 0 radical (unpaired) electrons. The molecule has 0 saturated heterocycles. The maximum Gasteiger partial charge on any atom is 0.224 e. The van der Waals surface area contributed by atoms with Gasteiger partial charge in [-0.25, -0.2) is 9.50 Å². The van der Waals surface area contributed by atoms with Crippen molar-refractivity contribution in [2.45, 2.75) is 26.7 Å². The molecular weight excluding hydrogens is 496 g/mol. The number of halogens is 1. The lowest BCUT2D eigenvalue weighted by Gasteiger charge is -2.14. The minimum atomic E-state index is -0.178. The summed E-state index contributed by atoms with van der Waals surface area (Å²) in [6.07, 6.45) is 0.724. The van der Waals surface area contributed by atoms with E-state index >= 15 is 0 Å². The third kappa shape index (κ3) is 5.27. The molecule has 0 bridgehead atoms. The Hall–Kier alpha value is -3.98. The highest BCUT2D eigenvalue weighted by Gasteiger charge is 2.18. The van der Waals surface area contributed by atoms with Crippen molar-refractivity contribution in [1.29, 1.82) is 0 Å². The predicted octanol–water partition coefficient (Wildman–Crippen LogP) is 5.27. The van der Waals surface area contributed by atoms with Crippen LogP contribution >= 0.6 is 11.6 Å². The molecule has 9 nitrogen and oxygen atoms in total. The molecule has 10 heteroatoms. The number of fused-ring (bicyclic) bond motifs is 1. The van der Waals surface area contributed by atoms with Crippen molar-refractivity contribution in [3.05, 3.63) is 58.4 Å². The molecule has 0 aliphatic carbocycles. The molecule has 0 unspecified atom stereocenters. The fourth-order valence-electron chi connectivity index (χ4n) is 4.24. The molecule has 0 fully saturated rings. The molecule has 2 aromatic heterocycles. The number of nitrogens with zero attached hydrogens (tertiary/aromatic N) is 3. The highest BCUT2D eigenvalue weighted by molar-refractivity contribution is 6.32. The first kappa shape index (κ1) is 26.1. The van der Waals surface area contributed by atoms with Gasteiger partial charge in [-0.15, -0.1) is 0 Å². The van der Waals surface area contributed by atoms with E-state index in [4.69, 9.17) is 40.6 Å². The SMILES string of the molecule is COc1ccc(-c2cc3nc(C)c(CCC(=O)Nc4cc(Cl)c(OC)cc4OC)c(C)n3n2)c(OC)c1. The lowest BCUT2D eigenvalue weighted by Crippen LogP contribution is -2.15. The maximum atomic E-state index is 12.8. The van der Waals surface area contributed by atoms with Crippen molar-refractivity contribution < 1.29 is 23.7 Å². The Morgan fingerprint density at radius 2 is 1.68 bits per heavy atom. The number of aryl methyl sites for hydroxylation is 2. The van der Waals surface area contributed by atoms with E-state index in [1.165, 1.54) is 14.2 Å². The van der Waals surface area contributed by atoms with Crippen molar-refractivity contribution >= 4 is 28.8 Å². The second kappa shape index (κ2) is 11.0. The van der Waals surface area contributed by atoms with Gasteiger partial charge in [0.1, 0.15) is 23.0 Å². The largest absolute Gasteiger partial charge is 0.497 e. The van der Waals surface area contributed by atoms with Crippen LogP contribution in [0.2, 0.25) is 5.02 Å². The summed E-state index contributed by atoms with van der Waals surface area (Å²) < 4.78 is 23.2. The van der Waals surface area contributed by atoms with E-state index in [-0.39, 0.29) is 12.3 Å². The molecular formula is C27H29ClN4O5. The second-order valence-electron chi connectivity index (χ2n) is 8.36. The number of benzene rings is 2. The first-order valence-electron chi connectivity index (χ1n) is 11.6. The molecule has 0 aliphatic heterocycles. The number of nitrogens with one attached hydrogen (secondary N) is 1. The topological polar surface area (TPSA) is 96.2 Å². The normalized spacial score (nSPS) is 10.9. The third-order valence-electron chi connectivity index (χ3n) is 6.20.